The number of fused-ring (bicyclic) bond motifs is 1. The van der Waals surface area contributed by atoms with E-state index in [2.05, 4.69) is 17.1 Å². The zero-order chi connectivity index (χ0) is 5.40. The van der Waals surface area contributed by atoms with Crippen molar-refractivity contribution in [2.24, 2.45) is 11.8 Å². The molecule has 2 saturated heterocycles. The number of hydrogen-bond acceptors (Lipinski definition) is 2. The van der Waals surface area contributed by atoms with E-state index in [0.29, 0.717) is 0 Å². The minimum Gasteiger partial charge on any atom is -0.316 e. The zero-order valence-corrected chi connectivity index (χ0v) is 6.93. The maximum absolute atomic E-state index is 3.41. The van der Waals surface area contributed by atoms with Crippen LogP contribution in [0.25, 0.3) is 0 Å². The summed E-state index contributed by atoms with van der Waals surface area (Å²) < 4.78 is 0. The van der Waals surface area contributed by atoms with Crippen LogP contribution in [0, 0.1) is 11.8 Å². The predicted octanol–water partition coefficient (Wildman–Crippen LogP) is 0.991. The summed E-state index contributed by atoms with van der Waals surface area (Å²) in [6, 6.07) is 0. The lowest BCUT2D eigenvalue weighted by molar-refractivity contribution is 0.533. The van der Waals surface area contributed by atoms with Crippen LogP contribution in [0.4, 0.5) is 0 Å². The van der Waals surface area contributed by atoms with Crippen LogP contribution >= 0.6 is 24.2 Å². The highest BCUT2D eigenvalue weighted by Crippen LogP contribution is 2.31. The van der Waals surface area contributed by atoms with E-state index in [9.17, 15) is 0 Å². The third kappa shape index (κ3) is 1.36. The van der Waals surface area contributed by atoms with Gasteiger partial charge in [-0.05, 0) is 36.4 Å². The molecule has 0 radical (unpaired) electrons. The summed E-state index contributed by atoms with van der Waals surface area (Å²) in [6.07, 6.45) is 0. The maximum atomic E-state index is 3.41. The van der Waals surface area contributed by atoms with E-state index in [4.69, 9.17) is 0 Å². The Balaban J connectivity index is 0.000000405. The van der Waals surface area contributed by atoms with Crippen molar-refractivity contribution in [1.82, 2.24) is 5.32 Å². The lowest BCUT2D eigenvalue weighted by Crippen LogP contribution is -2.09. The topological polar surface area (TPSA) is 12.0 Å². The lowest BCUT2D eigenvalue weighted by Gasteiger charge is -2.01. The fourth-order valence-electron chi connectivity index (χ4n) is 1.55. The summed E-state index contributed by atoms with van der Waals surface area (Å²) in [5.74, 6) is 4.88. The van der Waals surface area contributed by atoms with Gasteiger partial charge >= 0.3 is 0 Å². The van der Waals surface area contributed by atoms with Gasteiger partial charge < -0.3 is 5.32 Å². The molecule has 2 fully saturated rings. The van der Waals surface area contributed by atoms with Crippen molar-refractivity contribution in [2.45, 2.75) is 0 Å². The molecule has 2 atom stereocenters. The summed E-state index contributed by atoms with van der Waals surface area (Å²) in [5, 5.41) is 3.41. The number of nitrogens with one attached hydrogen (secondary N) is 1. The summed E-state index contributed by atoms with van der Waals surface area (Å²) in [4.78, 5) is 0. The molecule has 2 heterocycles. The summed E-state index contributed by atoms with van der Waals surface area (Å²) in [5.41, 5.74) is 0. The van der Waals surface area contributed by atoms with Crippen molar-refractivity contribution in [3.63, 3.8) is 0 Å². The van der Waals surface area contributed by atoms with E-state index < -0.39 is 0 Å². The fraction of sp³-hybridized carbons (Fsp3) is 1.00. The van der Waals surface area contributed by atoms with E-state index in [1.165, 1.54) is 24.6 Å². The molecule has 2 aliphatic rings. The highest BCUT2D eigenvalue weighted by atomic mass is 35.5. The molecule has 9 heavy (non-hydrogen) atoms. The molecule has 2 aliphatic heterocycles. The zero-order valence-electron chi connectivity index (χ0n) is 5.30. The van der Waals surface area contributed by atoms with Gasteiger partial charge in [-0.3, -0.25) is 0 Å². The fourth-order valence-corrected chi connectivity index (χ4v) is 3.07. The van der Waals surface area contributed by atoms with E-state index in [0.717, 1.165) is 11.8 Å². The van der Waals surface area contributed by atoms with Gasteiger partial charge in [-0.1, -0.05) is 0 Å². The first-order valence-corrected chi connectivity index (χ1v) is 4.41. The molecule has 0 aliphatic carbocycles. The van der Waals surface area contributed by atoms with Crippen molar-refractivity contribution in [1.29, 1.82) is 0 Å². The SMILES string of the molecule is C1NC[C@H]2CSC[C@H]12.Cl. The van der Waals surface area contributed by atoms with E-state index in [-0.39, 0.29) is 12.4 Å². The highest BCUT2D eigenvalue weighted by Gasteiger charge is 2.31. The Morgan fingerprint density at radius 2 is 1.67 bits per heavy atom. The van der Waals surface area contributed by atoms with Crippen LogP contribution in [0.15, 0.2) is 0 Å². The van der Waals surface area contributed by atoms with Crippen molar-refractivity contribution in [3.05, 3.63) is 0 Å². The molecule has 0 bridgehead atoms. The van der Waals surface area contributed by atoms with Gasteiger partial charge in [0.15, 0.2) is 0 Å². The van der Waals surface area contributed by atoms with Crippen LogP contribution in [-0.4, -0.2) is 24.6 Å². The first-order chi connectivity index (χ1) is 3.97. The van der Waals surface area contributed by atoms with Crippen LogP contribution in [0.2, 0.25) is 0 Å². The second-order valence-corrected chi connectivity index (χ2v) is 3.79. The Morgan fingerprint density at radius 1 is 1.11 bits per heavy atom. The minimum atomic E-state index is 0. The van der Waals surface area contributed by atoms with Gasteiger partial charge in [-0.25, -0.2) is 0 Å². The van der Waals surface area contributed by atoms with Gasteiger partial charge in [-0.15, -0.1) is 12.4 Å². The summed E-state index contributed by atoms with van der Waals surface area (Å²) in [7, 11) is 0. The molecule has 0 aromatic rings. The van der Waals surface area contributed by atoms with Gasteiger partial charge in [0.25, 0.3) is 0 Å². The third-order valence-electron chi connectivity index (χ3n) is 2.14. The standard InChI is InChI=1S/C6H11NS.ClH/c1-5-3-8-4-6(5)2-7-1;/h5-7H,1-4H2;1H/t5-,6-;/m0./s1. The Morgan fingerprint density at radius 3 is 2.22 bits per heavy atom. The molecule has 3 heteroatoms. The first kappa shape index (κ1) is 7.70. The van der Waals surface area contributed by atoms with Gasteiger partial charge in [-0.2, -0.15) is 11.8 Å². The average molecular weight is 166 g/mol. The normalized spacial score (nSPS) is 40.0. The minimum absolute atomic E-state index is 0. The Kier molecular flexibility index (Phi) is 2.68. The lowest BCUT2D eigenvalue weighted by atomic mass is 10.0. The quantitative estimate of drug-likeness (QED) is 0.575. The van der Waals surface area contributed by atoms with Crippen LogP contribution in [0.1, 0.15) is 0 Å². The third-order valence-corrected chi connectivity index (χ3v) is 3.47. The van der Waals surface area contributed by atoms with Crippen LogP contribution in [-0.2, 0) is 0 Å². The Hall–Kier alpha value is 0.600. The molecule has 1 N–H and O–H groups in total. The Bertz CT molecular complexity index is 79.1. The van der Waals surface area contributed by atoms with Gasteiger partial charge in [0, 0.05) is 0 Å². The van der Waals surface area contributed by atoms with E-state index >= 15 is 0 Å². The number of hydrogen-bond donors (Lipinski definition) is 1. The molecule has 2 rings (SSSR count). The molecule has 0 saturated carbocycles. The van der Waals surface area contributed by atoms with Gasteiger partial charge in [0.05, 0.1) is 0 Å². The van der Waals surface area contributed by atoms with Crippen molar-refractivity contribution in [3.8, 4) is 0 Å². The maximum Gasteiger partial charge on any atom is -0.000907 e. The molecule has 0 unspecified atom stereocenters. The second-order valence-electron chi connectivity index (χ2n) is 2.72. The first-order valence-electron chi connectivity index (χ1n) is 3.25. The molecular formula is C6H12ClNS. The van der Waals surface area contributed by atoms with Crippen molar-refractivity contribution in [2.75, 3.05) is 24.6 Å². The van der Waals surface area contributed by atoms with Crippen molar-refractivity contribution < 1.29 is 0 Å². The van der Waals surface area contributed by atoms with Crippen LogP contribution < -0.4 is 5.32 Å². The highest BCUT2D eigenvalue weighted by molar-refractivity contribution is 7.99. The van der Waals surface area contributed by atoms with Gasteiger partial charge in [0.1, 0.15) is 0 Å². The summed E-state index contributed by atoms with van der Waals surface area (Å²) >= 11 is 2.13. The largest absolute Gasteiger partial charge is 0.316 e. The van der Waals surface area contributed by atoms with E-state index in [1.54, 1.807) is 0 Å². The number of thioether (sulfide) groups is 1. The number of halogens is 1. The van der Waals surface area contributed by atoms with Gasteiger partial charge in [0.2, 0.25) is 0 Å². The number of rotatable bonds is 0. The molecule has 0 aromatic heterocycles. The Labute approximate surface area is 66.4 Å². The smallest absolute Gasteiger partial charge is 0.000907 e. The van der Waals surface area contributed by atoms with E-state index in [1.807, 2.05) is 0 Å². The monoisotopic (exact) mass is 165 g/mol. The molecule has 1 nitrogen and oxygen atoms in total. The molecule has 0 aromatic carbocycles. The van der Waals surface area contributed by atoms with Crippen molar-refractivity contribution >= 4 is 24.2 Å². The molecule has 0 spiro atoms. The van der Waals surface area contributed by atoms with Crippen LogP contribution in [0.5, 0.6) is 0 Å². The molecular weight excluding hydrogens is 154 g/mol. The molecule has 0 amide bonds. The predicted molar refractivity (Wildman–Crippen MR) is 44.4 cm³/mol. The average Bonchev–Trinajstić information content (AvgIpc) is 2.15. The van der Waals surface area contributed by atoms with Crippen LogP contribution in [0.3, 0.4) is 0 Å². The second kappa shape index (κ2) is 3.13. The molecule has 54 valence electrons. The summed E-state index contributed by atoms with van der Waals surface area (Å²) in [6.45, 7) is 2.58.